The van der Waals surface area contributed by atoms with Gasteiger partial charge in [0.15, 0.2) is 0 Å². The largest absolute Gasteiger partial charge is 0.394 e. The van der Waals surface area contributed by atoms with Gasteiger partial charge < -0.3 is 20.2 Å². The second-order valence-corrected chi connectivity index (χ2v) is 7.44. The third-order valence-corrected chi connectivity index (χ3v) is 5.50. The third-order valence-electron chi connectivity index (χ3n) is 5.50. The molecule has 6 nitrogen and oxygen atoms in total. The Morgan fingerprint density at radius 1 is 1.03 bits per heavy atom. The number of hydrogen-bond donors (Lipinski definition) is 2. The minimum absolute atomic E-state index is 0.0321. The number of nitrogens with one attached hydrogen (secondary N) is 1. The Morgan fingerprint density at radius 3 is 2.24 bits per heavy atom. The molecule has 1 aliphatic rings. The van der Waals surface area contributed by atoms with Crippen molar-refractivity contribution in [3.63, 3.8) is 0 Å². The van der Waals surface area contributed by atoms with Gasteiger partial charge in [0.2, 0.25) is 0 Å². The first-order chi connectivity index (χ1) is 14.1. The number of urea groups is 1. The third kappa shape index (κ3) is 4.43. The van der Waals surface area contributed by atoms with E-state index in [0.717, 1.165) is 12.0 Å². The number of rotatable bonds is 7. The number of amides is 3. The maximum Gasteiger partial charge on any atom is 0.317 e. The smallest absolute Gasteiger partial charge is 0.317 e. The summed E-state index contributed by atoms with van der Waals surface area (Å²) in [5, 5.41) is 12.9. The van der Waals surface area contributed by atoms with Gasteiger partial charge in [-0.2, -0.15) is 0 Å². The van der Waals surface area contributed by atoms with Crippen LogP contribution in [0.15, 0.2) is 60.7 Å². The van der Waals surface area contributed by atoms with E-state index in [4.69, 9.17) is 0 Å². The van der Waals surface area contributed by atoms with E-state index in [-0.39, 0.29) is 36.5 Å². The minimum atomic E-state index is -0.317. The fourth-order valence-electron chi connectivity index (χ4n) is 4.03. The standard InChI is InChI=1S/C23H29N3O3/c1-3-14-24-23(29)25(2)15-19-21(17-10-6-4-7-11-17)20(16-27)26(19)22(28)18-12-8-5-9-13-18/h4-13,19-21,27H,3,14-16H2,1-2H3,(H,24,29)/t19-,20+,21-/m1/s1. The van der Waals surface area contributed by atoms with Gasteiger partial charge >= 0.3 is 6.03 Å². The normalized spacial score (nSPS) is 20.7. The van der Waals surface area contributed by atoms with Gasteiger partial charge in [-0.3, -0.25) is 4.79 Å². The Kier molecular flexibility index (Phi) is 6.88. The molecule has 0 unspecified atom stereocenters. The molecule has 29 heavy (non-hydrogen) atoms. The lowest BCUT2D eigenvalue weighted by Crippen LogP contribution is -2.68. The number of likely N-dealkylation sites (tertiary alicyclic amines) is 1. The topological polar surface area (TPSA) is 72.9 Å². The van der Waals surface area contributed by atoms with Crippen molar-refractivity contribution < 1.29 is 14.7 Å². The molecule has 6 heteroatoms. The maximum absolute atomic E-state index is 13.2. The van der Waals surface area contributed by atoms with Crippen molar-refractivity contribution in [2.75, 3.05) is 26.7 Å². The van der Waals surface area contributed by atoms with Crippen LogP contribution in [0.2, 0.25) is 0 Å². The fourth-order valence-corrected chi connectivity index (χ4v) is 4.03. The summed E-state index contributed by atoms with van der Waals surface area (Å²) in [6, 6.07) is 18.3. The van der Waals surface area contributed by atoms with Crippen molar-refractivity contribution in [3.05, 3.63) is 71.8 Å². The van der Waals surface area contributed by atoms with Gasteiger partial charge in [-0.25, -0.2) is 4.79 Å². The Labute approximate surface area is 172 Å². The first-order valence-corrected chi connectivity index (χ1v) is 10.1. The molecule has 0 spiro atoms. The quantitative estimate of drug-likeness (QED) is 0.757. The van der Waals surface area contributed by atoms with Gasteiger partial charge in [0.05, 0.1) is 18.7 Å². The molecule has 0 aliphatic carbocycles. The van der Waals surface area contributed by atoms with Crippen molar-refractivity contribution in [1.29, 1.82) is 0 Å². The molecule has 154 valence electrons. The molecule has 3 rings (SSSR count). The van der Waals surface area contributed by atoms with E-state index < -0.39 is 0 Å². The average Bonchev–Trinajstić information content (AvgIpc) is 2.75. The van der Waals surface area contributed by atoms with Gasteiger partial charge in [0, 0.05) is 31.6 Å². The molecule has 1 aliphatic heterocycles. The maximum atomic E-state index is 13.2. The molecule has 1 fully saturated rings. The van der Waals surface area contributed by atoms with E-state index in [0.29, 0.717) is 18.7 Å². The summed E-state index contributed by atoms with van der Waals surface area (Å²) in [6.07, 6.45) is 0.862. The highest BCUT2D eigenvalue weighted by Gasteiger charge is 2.51. The zero-order chi connectivity index (χ0) is 20.8. The van der Waals surface area contributed by atoms with Crippen molar-refractivity contribution in [2.24, 2.45) is 0 Å². The van der Waals surface area contributed by atoms with Crippen LogP contribution in [-0.4, -0.2) is 65.7 Å². The van der Waals surface area contributed by atoms with E-state index in [2.05, 4.69) is 5.32 Å². The summed E-state index contributed by atoms with van der Waals surface area (Å²) in [4.78, 5) is 28.9. The lowest BCUT2D eigenvalue weighted by Gasteiger charge is -2.55. The minimum Gasteiger partial charge on any atom is -0.394 e. The Balaban J connectivity index is 1.86. The number of aliphatic hydroxyl groups is 1. The van der Waals surface area contributed by atoms with Gasteiger partial charge in [-0.1, -0.05) is 55.5 Å². The average molecular weight is 396 g/mol. The summed E-state index contributed by atoms with van der Waals surface area (Å²) >= 11 is 0. The lowest BCUT2D eigenvalue weighted by molar-refractivity contribution is -0.0315. The Bertz CT molecular complexity index is 813. The van der Waals surface area contributed by atoms with E-state index in [9.17, 15) is 14.7 Å². The second-order valence-electron chi connectivity index (χ2n) is 7.44. The monoisotopic (exact) mass is 395 g/mol. The summed E-state index contributed by atoms with van der Waals surface area (Å²) in [6.45, 7) is 2.89. The van der Waals surface area contributed by atoms with Crippen LogP contribution < -0.4 is 5.32 Å². The summed E-state index contributed by atoms with van der Waals surface area (Å²) in [5.74, 6) is -0.153. The summed E-state index contributed by atoms with van der Waals surface area (Å²) in [5.41, 5.74) is 1.65. The van der Waals surface area contributed by atoms with Crippen LogP contribution >= 0.6 is 0 Å². The highest BCUT2D eigenvalue weighted by Crippen LogP contribution is 2.41. The molecule has 0 aromatic heterocycles. The van der Waals surface area contributed by atoms with Crippen molar-refractivity contribution >= 4 is 11.9 Å². The summed E-state index contributed by atoms with van der Waals surface area (Å²) < 4.78 is 0. The predicted octanol–water partition coefficient (Wildman–Crippen LogP) is 2.71. The van der Waals surface area contributed by atoms with Crippen molar-refractivity contribution in [1.82, 2.24) is 15.1 Å². The number of carbonyl (C=O) groups is 2. The number of benzene rings is 2. The van der Waals surface area contributed by atoms with Gasteiger partial charge in [0.1, 0.15) is 0 Å². The van der Waals surface area contributed by atoms with Crippen LogP contribution in [0.5, 0.6) is 0 Å². The Hall–Kier alpha value is -2.86. The molecule has 1 saturated heterocycles. The van der Waals surface area contributed by atoms with Gasteiger partial charge in [-0.05, 0) is 24.1 Å². The van der Waals surface area contributed by atoms with Crippen molar-refractivity contribution in [2.45, 2.75) is 31.3 Å². The van der Waals surface area contributed by atoms with E-state index in [1.807, 2.05) is 55.5 Å². The van der Waals surface area contributed by atoms with Crippen LogP contribution in [-0.2, 0) is 0 Å². The molecular weight excluding hydrogens is 366 g/mol. The molecule has 0 bridgehead atoms. The molecule has 2 aromatic rings. The Morgan fingerprint density at radius 2 is 1.66 bits per heavy atom. The first-order valence-electron chi connectivity index (χ1n) is 10.1. The molecule has 0 radical (unpaired) electrons. The van der Waals surface area contributed by atoms with E-state index in [1.165, 1.54) is 0 Å². The molecule has 3 atom stereocenters. The molecule has 2 N–H and O–H groups in total. The molecular formula is C23H29N3O3. The zero-order valence-corrected chi connectivity index (χ0v) is 17.0. The van der Waals surface area contributed by atoms with E-state index >= 15 is 0 Å². The fraction of sp³-hybridized carbons (Fsp3) is 0.391. The van der Waals surface area contributed by atoms with Gasteiger partial charge in [0.25, 0.3) is 5.91 Å². The highest BCUT2D eigenvalue weighted by molar-refractivity contribution is 5.95. The lowest BCUT2D eigenvalue weighted by atomic mass is 9.74. The van der Waals surface area contributed by atoms with Crippen LogP contribution in [0, 0.1) is 0 Å². The number of likely N-dealkylation sites (N-methyl/N-ethyl adjacent to an activating group) is 1. The second kappa shape index (κ2) is 9.56. The predicted molar refractivity (Wildman–Crippen MR) is 113 cm³/mol. The number of nitrogens with zero attached hydrogens (tertiary/aromatic N) is 2. The molecule has 1 heterocycles. The van der Waals surface area contributed by atoms with Crippen LogP contribution in [0.1, 0.15) is 35.2 Å². The summed E-state index contributed by atoms with van der Waals surface area (Å²) in [7, 11) is 1.74. The van der Waals surface area contributed by atoms with Crippen molar-refractivity contribution in [3.8, 4) is 0 Å². The number of hydrogen-bond acceptors (Lipinski definition) is 3. The van der Waals surface area contributed by atoms with Crippen LogP contribution in [0.3, 0.4) is 0 Å². The molecule has 2 aromatic carbocycles. The first kappa shape index (κ1) is 20.9. The highest BCUT2D eigenvalue weighted by atomic mass is 16.3. The molecule has 0 saturated carbocycles. The SMILES string of the molecule is CCCNC(=O)N(C)C[C@@H]1[C@@H](c2ccccc2)[C@H](CO)N1C(=O)c1ccccc1. The van der Waals surface area contributed by atoms with E-state index in [1.54, 1.807) is 29.0 Å². The number of carbonyl (C=O) groups excluding carboxylic acids is 2. The van der Waals surface area contributed by atoms with Gasteiger partial charge in [-0.15, -0.1) is 0 Å². The van der Waals surface area contributed by atoms with Crippen LogP contribution in [0.4, 0.5) is 4.79 Å². The molecule has 3 amide bonds. The zero-order valence-electron chi connectivity index (χ0n) is 17.0. The number of aliphatic hydroxyl groups excluding tert-OH is 1. The van der Waals surface area contributed by atoms with Crippen LogP contribution in [0.25, 0.3) is 0 Å².